The minimum atomic E-state index is -0.237. The Kier molecular flexibility index (Phi) is 6.11. The van der Waals surface area contributed by atoms with E-state index >= 15 is 0 Å². The van der Waals surface area contributed by atoms with E-state index in [2.05, 4.69) is 44.1 Å². The van der Waals surface area contributed by atoms with Crippen molar-refractivity contribution < 1.29 is 9.84 Å². The van der Waals surface area contributed by atoms with Crippen LogP contribution in [0.1, 0.15) is 25.8 Å². The van der Waals surface area contributed by atoms with E-state index in [1.54, 1.807) is 7.11 Å². The van der Waals surface area contributed by atoms with Crippen molar-refractivity contribution in [2.24, 2.45) is 0 Å². The lowest BCUT2D eigenvalue weighted by molar-refractivity contribution is 0.169. The van der Waals surface area contributed by atoms with Gasteiger partial charge in [-0.15, -0.1) is 0 Å². The first-order chi connectivity index (χ1) is 8.45. The largest absolute Gasteiger partial charge is 0.494 e. The Labute approximate surface area is 125 Å². The quantitative estimate of drug-likeness (QED) is 0.793. The number of benzene rings is 1. The summed E-state index contributed by atoms with van der Waals surface area (Å²) in [7, 11) is 1.64. The number of hydrogen-bond acceptors (Lipinski definition) is 3. The molecule has 0 aliphatic heterocycles. The van der Waals surface area contributed by atoms with E-state index in [1.165, 1.54) is 0 Å². The number of halogens is 2. The molecule has 18 heavy (non-hydrogen) atoms. The Morgan fingerprint density at radius 3 is 2.28 bits per heavy atom. The smallest absolute Gasteiger partial charge is 0.147 e. The highest BCUT2D eigenvalue weighted by molar-refractivity contribution is 9.11. The molecule has 2 N–H and O–H groups in total. The maximum absolute atomic E-state index is 9.35. The summed E-state index contributed by atoms with van der Waals surface area (Å²) in [6, 6.07) is 4.04. The van der Waals surface area contributed by atoms with Gasteiger partial charge in [-0.1, -0.05) is 6.92 Å². The lowest BCUT2D eigenvalue weighted by Gasteiger charge is -2.27. The molecule has 1 rings (SSSR count). The molecule has 0 bridgehead atoms. The topological polar surface area (TPSA) is 41.5 Å². The highest BCUT2D eigenvalue weighted by Gasteiger charge is 2.20. The summed E-state index contributed by atoms with van der Waals surface area (Å²) in [5.41, 5.74) is 0.890. The van der Waals surface area contributed by atoms with Gasteiger partial charge in [-0.2, -0.15) is 0 Å². The molecule has 1 atom stereocenters. The van der Waals surface area contributed by atoms with Gasteiger partial charge in [0.05, 0.1) is 22.7 Å². The van der Waals surface area contributed by atoms with Crippen LogP contribution in [0.3, 0.4) is 0 Å². The van der Waals surface area contributed by atoms with Gasteiger partial charge < -0.3 is 15.2 Å². The van der Waals surface area contributed by atoms with Gasteiger partial charge in [0.1, 0.15) is 5.75 Å². The average molecular weight is 381 g/mol. The fourth-order valence-corrected chi connectivity index (χ4v) is 3.12. The molecule has 1 aromatic carbocycles. The maximum Gasteiger partial charge on any atom is 0.147 e. The van der Waals surface area contributed by atoms with Crippen LogP contribution in [-0.4, -0.2) is 24.4 Å². The molecule has 0 aromatic heterocycles. The normalized spacial score (nSPS) is 14.3. The molecule has 5 heteroatoms. The second kappa shape index (κ2) is 6.89. The number of rotatable bonds is 6. The van der Waals surface area contributed by atoms with Crippen molar-refractivity contribution in [1.29, 1.82) is 0 Å². The molecular weight excluding hydrogens is 362 g/mol. The highest BCUT2D eigenvalue weighted by Crippen LogP contribution is 2.34. The van der Waals surface area contributed by atoms with Crippen molar-refractivity contribution in [1.82, 2.24) is 5.32 Å². The second-order valence-electron chi connectivity index (χ2n) is 4.52. The molecule has 0 aliphatic carbocycles. The van der Waals surface area contributed by atoms with E-state index < -0.39 is 0 Å². The van der Waals surface area contributed by atoms with E-state index in [0.29, 0.717) is 6.54 Å². The number of hydrogen-bond donors (Lipinski definition) is 2. The third-order valence-electron chi connectivity index (χ3n) is 3.11. The van der Waals surface area contributed by atoms with Crippen LogP contribution in [0.4, 0.5) is 0 Å². The fourth-order valence-electron chi connectivity index (χ4n) is 1.52. The van der Waals surface area contributed by atoms with E-state index in [4.69, 9.17) is 4.74 Å². The van der Waals surface area contributed by atoms with Crippen molar-refractivity contribution in [3.63, 3.8) is 0 Å². The standard InChI is InChI=1S/C13H19Br2NO2/c1-4-13(2,8-17)16-7-9-5-10(14)12(18-3)11(15)6-9/h5-6,16-17H,4,7-8H2,1-3H3. The van der Waals surface area contributed by atoms with E-state index in [9.17, 15) is 5.11 Å². The summed E-state index contributed by atoms with van der Waals surface area (Å²) in [6.07, 6.45) is 0.877. The highest BCUT2D eigenvalue weighted by atomic mass is 79.9. The Bertz CT molecular complexity index is 383. The first kappa shape index (κ1) is 16.0. The Morgan fingerprint density at radius 2 is 1.89 bits per heavy atom. The Hall–Kier alpha value is -0.100. The van der Waals surface area contributed by atoms with Crippen LogP contribution in [0.15, 0.2) is 21.1 Å². The lowest BCUT2D eigenvalue weighted by Crippen LogP contribution is -2.44. The van der Waals surface area contributed by atoms with Gasteiger partial charge in [-0.25, -0.2) is 0 Å². The number of nitrogens with one attached hydrogen (secondary N) is 1. The monoisotopic (exact) mass is 379 g/mol. The van der Waals surface area contributed by atoms with Crippen LogP contribution in [-0.2, 0) is 6.54 Å². The minimum absolute atomic E-state index is 0.127. The molecule has 0 aliphatic rings. The predicted molar refractivity (Wildman–Crippen MR) is 81.0 cm³/mol. The molecule has 0 fully saturated rings. The molecule has 3 nitrogen and oxygen atoms in total. The van der Waals surface area contributed by atoms with Gasteiger partial charge in [0.2, 0.25) is 0 Å². The SMILES string of the molecule is CCC(C)(CO)NCc1cc(Br)c(OC)c(Br)c1. The van der Waals surface area contributed by atoms with E-state index in [1.807, 2.05) is 19.1 Å². The van der Waals surface area contributed by atoms with Crippen molar-refractivity contribution in [2.45, 2.75) is 32.4 Å². The van der Waals surface area contributed by atoms with Gasteiger partial charge in [-0.3, -0.25) is 0 Å². The number of methoxy groups -OCH3 is 1. The van der Waals surface area contributed by atoms with Crippen molar-refractivity contribution in [2.75, 3.05) is 13.7 Å². The van der Waals surface area contributed by atoms with Crippen molar-refractivity contribution in [3.8, 4) is 5.75 Å². The maximum atomic E-state index is 9.35. The molecule has 0 spiro atoms. The summed E-state index contributed by atoms with van der Waals surface area (Å²) in [6.45, 7) is 4.90. The predicted octanol–water partition coefficient (Wildman–Crippen LogP) is 3.47. The van der Waals surface area contributed by atoms with Crippen molar-refractivity contribution >= 4 is 31.9 Å². The van der Waals surface area contributed by atoms with Gasteiger partial charge in [0.25, 0.3) is 0 Å². The molecule has 0 saturated heterocycles. The van der Waals surface area contributed by atoms with Crippen LogP contribution in [0.5, 0.6) is 5.75 Å². The molecule has 0 amide bonds. The zero-order valence-corrected chi connectivity index (χ0v) is 14.1. The third kappa shape index (κ3) is 3.95. The zero-order valence-electron chi connectivity index (χ0n) is 10.9. The summed E-state index contributed by atoms with van der Waals surface area (Å²) in [4.78, 5) is 0. The molecular formula is C13H19Br2NO2. The Balaban J connectivity index is 2.81. The molecule has 0 saturated carbocycles. The second-order valence-corrected chi connectivity index (χ2v) is 6.23. The molecule has 1 aromatic rings. The first-order valence-electron chi connectivity index (χ1n) is 5.83. The van der Waals surface area contributed by atoms with Crippen LogP contribution in [0, 0.1) is 0 Å². The van der Waals surface area contributed by atoms with Gasteiger partial charge in [0, 0.05) is 12.1 Å². The fraction of sp³-hybridized carbons (Fsp3) is 0.538. The number of aliphatic hydroxyl groups is 1. The molecule has 1 unspecified atom stereocenters. The summed E-state index contributed by atoms with van der Waals surface area (Å²) >= 11 is 6.96. The van der Waals surface area contributed by atoms with Crippen LogP contribution in [0.2, 0.25) is 0 Å². The van der Waals surface area contributed by atoms with Gasteiger partial charge in [-0.05, 0) is 62.9 Å². The number of aliphatic hydroxyl groups excluding tert-OH is 1. The van der Waals surface area contributed by atoms with Crippen LogP contribution < -0.4 is 10.1 Å². The van der Waals surface area contributed by atoms with Crippen LogP contribution in [0.25, 0.3) is 0 Å². The van der Waals surface area contributed by atoms with Crippen molar-refractivity contribution in [3.05, 3.63) is 26.6 Å². The molecule has 0 radical (unpaired) electrons. The van der Waals surface area contributed by atoms with Gasteiger partial charge >= 0.3 is 0 Å². The Morgan fingerprint density at radius 1 is 1.33 bits per heavy atom. The minimum Gasteiger partial charge on any atom is -0.494 e. The van der Waals surface area contributed by atoms with E-state index in [0.717, 1.165) is 26.7 Å². The van der Waals surface area contributed by atoms with Gasteiger partial charge in [0.15, 0.2) is 0 Å². The summed E-state index contributed by atoms with van der Waals surface area (Å²) < 4.78 is 7.09. The summed E-state index contributed by atoms with van der Waals surface area (Å²) in [5.74, 6) is 0.791. The third-order valence-corrected chi connectivity index (χ3v) is 4.29. The molecule has 102 valence electrons. The lowest BCUT2D eigenvalue weighted by atomic mass is 10.00. The average Bonchev–Trinajstić information content (AvgIpc) is 2.36. The van der Waals surface area contributed by atoms with E-state index in [-0.39, 0.29) is 12.1 Å². The first-order valence-corrected chi connectivity index (χ1v) is 7.42. The van der Waals surface area contributed by atoms with Crippen LogP contribution >= 0.6 is 31.9 Å². The zero-order chi connectivity index (χ0) is 13.8. The number of ether oxygens (including phenoxy) is 1. The molecule has 0 heterocycles. The summed E-state index contributed by atoms with van der Waals surface area (Å²) in [5, 5.41) is 12.7.